The van der Waals surface area contributed by atoms with E-state index in [4.69, 9.17) is 0 Å². The van der Waals surface area contributed by atoms with Gasteiger partial charge in [0.15, 0.2) is 11.6 Å². The maximum absolute atomic E-state index is 13.4. The van der Waals surface area contributed by atoms with Crippen LogP contribution in [0, 0.1) is 17.5 Å². The van der Waals surface area contributed by atoms with Gasteiger partial charge >= 0.3 is 0 Å². The molecular weight excluding hydrogens is 243 g/mol. The normalized spacial score (nSPS) is 12.5. The molecular formula is C12H12F3N3. The van der Waals surface area contributed by atoms with E-state index in [2.05, 4.69) is 10.3 Å². The van der Waals surface area contributed by atoms with Gasteiger partial charge in [0.1, 0.15) is 11.6 Å². The summed E-state index contributed by atoms with van der Waals surface area (Å²) in [6.45, 7) is 1.75. The molecule has 1 atom stereocenters. The number of anilines is 1. The summed E-state index contributed by atoms with van der Waals surface area (Å²) in [5.41, 5.74) is -0.0931. The average molecular weight is 255 g/mol. The second kappa shape index (κ2) is 4.72. The minimum absolute atomic E-state index is 0.0931. The molecule has 0 saturated heterocycles. The van der Waals surface area contributed by atoms with Crippen molar-refractivity contribution in [2.24, 2.45) is 7.05 Å². The molecule has 1 aromatic carbocycles. The molecule has 1 unspecified atom stereocenters. The summed E-state index contributed by atoms with van der Waals surface area (Å²) >= 11 is 0. The fourth-order valence-corrected chi connectivity index (χ4v) is 1.73. The van der Waals surface area contributed by atoms with Crippen LogP contribution in [0.15, 0.2) is 24.5 Å². The van der Waals surface area contributed by atoms with Crippen molar-refractivity contribution in [2.45, 2.75) is 13.0 Å². The van der Waals surface area contributed by atoms with Gasteiger partial charge in [-0.05, 0) is 6.92 Å². The van der Waals surface area contributed by atoms with Crippen molar-refractivity contribution < 1.29 is 13.2 Å². The Kier molecular flexibility index (Phi) is 3.27. The zero-order valence-corrected chi connectivity index (χ0v) is 9.92. The highest BCUT2D eigenvalue weighted by Crippen LogP contribution is 2.23. The number of aryl methyl sites for hydroxylation is 1. The number of nitrogens with zero attached hydrogens (tertiary/aromatic N) is 2. The molecule has 0 spiro atoms. The van der Waals surface area contributed by atoms with E-state index in [1.807, 2.05) is 0 Å². The number of benzene rings is 1. The van der Waals surface area contributed by atoms with Crippen LogP contribution >= 0.6 is 0 Å². The largest absolute Gasteiger partial charge is 0.373 e. The van der Waals surface area contributed by atoms with E-state index >= 15 is 0 Å². The predicted octanol–water partition coefficient (Wildman–Crippen LogP) is 3.01. The summed E-state index contributed by atoms with van der Waals surface area (Å²) in [5, 5.41) is 2.76. The molecule has 0 aliphatic rings. The summed E-state index contributed by atoms with van der Waals surface area (Å²) in [6, 6.07) is 0.983. The molecule has 6 heteroatoms. The molecule has 0 fully saturated rings. The van der Waals surface area contributed by atoms with E-state index in [1.165, 1.54) is 0 Å². The maximum atomic E-state index is 13.4. The minimum atomic E-state index is -1.21. The smallest absolute Gasteiger partial charge is 0.161 e. The van der Waals surface area contributed by atoms with E-state index in [9.17, 15) is 13.2 Å². The van der Waals surface area contributed by atoms with Crippen molar-refractivity contribution in [2.75, 3.05) is 5.32 Å². The van der Waals surface area contributed by atoms with Crippen LogP contribution in [-0.4, -0.2) is 9.55 Å². The highest BCUT2D eigenvalue weighted by molar-refractivity contribution is 5.46. The van der Waals surface area contributed by atoms with E-state index in [0.29, 0.717) is 11.9 Å². The number of hydrogen-bond acceptors (Lipinski definition) is 2. The van der Waals surface area contributed by atoms with Crippen LogP contribution in [-0.2, 0) is 7.05 Å². The predicted molar refractivity (Wildman–Crippen MR) is 61.6 cm³/mol. The highest BCUT2D eigenvalue weighted by atomic mass is 19.2. The molecule has 1 N–H and O–H groups in total. The van der Waals surface area contributed by atoms with Gasteiger partial charge in [0.2, 0.25) is 0 Å². The Balaban J connectivity index is 2.24. The lowest BCUT2D eigenvalue weighted by atomic mass is 10.2. The molecule has 2 aromatic rings. The zero-order chi connectivity index (χ0) is 13.3. The second-order valence-electron chi connectivity index (χ2n) is 4.01. The quantitative estimate of drug-likeness (QED) is 0.854. The first-order chi connectivity index (χ1) is 8.49. The maximum Gasteiger partial charge on any atom is 0.161 e. The van der Waals surface area contributed by atoms with E-state index in [-0.39, 0.29) is 11.7 Å². The van der Waals surface area contributed by atoms with Crippen molar-refractivity contribution in [3.63, 3.8) is 0 Å². The van der Waals surface area contributed by atoms with Gasteiger partial charge < -0.3 is 9.88 Å². The molecule has 0 amide bonds. The average Bonchev–Trinajstić information content (AvgIpc) is 2.72. The molecule has 0 aliphatic heterocycles. The molecule has 2 rings (SSSR count). The van der Waals surface area contributed by atoms with Gasteiger partial charge in [-0.2, -0.15) is 0 Å². The fourth-order valence-electron chi connectivity index (χ4n) is 1.73. The van der Waals surface area contributed by atoms with Gasteiger partial charge in [0, 0.05) is 31.6 Å². The number of aromatic nitrogens is 2. The zero-order valence-electron chi connectivity index (χ0n) is 9.92. The summed E-state index contributed by atoms with van der Waals surface area (Å²) < 4.78 is 41.0. The van der Waals surface area contributed by atoms with E-state index in [0.717, 1.165) is 6.07 Å². The summed E-state index contributed by atoms with van der Waals surface area (Å²) in [5.74, 6) is -2.47. The Morgan fingerprint density at radius 2 is 1.83 bits per heavy atom. The number of nitrogens with one attached hydrogen (secondary N) is 1. The molecule has 1 heterocycles. The Labute approximate surface area is 102 Å². The SMILES string of the molecule is CC(Nc1cc(F)c(F)cc1F)c1nccn1C. The van der Waals surface area contributed by atoms with Crippen LogP contribution in [0.1, 0.15) is 18.8 Å². The Bertz CT molecular complexity index is 566. The first-order valence-electron chi connectivity index (χ1n) is 5.37. The van der Waals surface area contributed by atoms with Gasteiger partial charge in [-0.3, -0.25) is 0 Å². The van der Waals surface area contributed by atoms with Crippen LogP contribution in [0.4, 0.5) is 18.9 Å². The lowest BCUT2D eigenvalue weighted by molar-refractivity contribution is 0.495. The molecule has 18 heavy (non-hydrogen) atoms. The Hall–Kier alpha value is -1.98. The van der Waals surface area contributed by atoms with Crippen molar-refractivity contribution in [1.82, 2.24) is 9.55 Å². The first kappa shape index (κ1) is 12.5. The van der Waals surface area contributed by atoms with Crippen molar-refractivity contribution in [3.05, 3.63) is 47.8 Å². The standard InChI is InChI=1S/C12H12F3N3/c1-7(12-16-3-4-18(12)2)17-11-6-9(14)8(13)5-10(11)15/h3-7,17H,1-2H3. The monoisotopic (exact) mass is 255 g/mol. The minimum Gasteiger partial charge on any atom is -0.373 e. The summed E-state index contributed by atoms with van der Waals surface area (Å²) in [6.07, 6.45) is 3.35. The van der Waals surface area contributed by atoms with Gasteiger partial charge in [-0.25, -0.2) is 18.2 Å². The third-order valence-electron chi connectivity index (χ3n) is 2.63. The lowest BCUT2D eigenvalue weighted by Gasteiger charge is -2.15. The van der Waals surface area contributed by atoms with Crippen LogP contribution in [0.2, 0.25) is 0 Å². The Morgan fingerprint density at radius 3 is 2.44 bits per heavy atom. The van der Waals surface area contributed by atoms with Crippen molar-refractivity contribution >= 4 is 5.69 Å². The van der Waals surface area contributed by atoms with Gasteiger partial charge in [0.25, 0.3) is 0 Å². The first-order valence-corrected chi connectivity index (χ1v) is 5.37. The van der Waals surface area contributed by atoms with Crippen molar-refractivity contribution in [1.29, 1.82) is 0 Å². The van der Waals surface area contributed by atoms with Gasteiger partial charge in [-0.15, -0.1) is 0 Å². The third kappa shape index (κ3) is 2.32. The third-order valence-corrected chi connectivity index (χ3v) is 2.63. The van der Waals surface area contributed by atoms with Gasteiger partial charge in [-0.1, -0.05) is 0 Å². The van der Waals surface area contributed by atoms with Gasteiger partial charge in [0.05, 0.1) is 11.7 Å². The Morgan fingerprint density at radius 1 is 1.17 bits per heavy atom. The number of hydrogen-bond donors (Lipinski definition) is 1. The molecule has 0 saturated carbocycles. The van der Waals surface area contributed by atoms with E-state index < -0.39 is 17.5 Å². The fraction of sp³-hybridized carbons (Fsp3) is 0.250. The molecule has 0 aliphatic carbocycles. The van der Waals surface area contributed by atoms with Crippen LogP contribution in [0.5, 0.6) is 0 Å². The lowest BCUT2D eigenvalue weighted by Crippen LogP contribution is -2.13. The van der Waals surface area contributed by atoms with Crippen LogP contribution < -0.4 is 5.32 Å². The van der Waals surface area contributed by atoms with Crippen LogP contribution in [0.3, 0.4) is 0 Å². The number of halogens is 3. The summed E-state index contributed by atoms with van der Waals surface area (Å²) in [4.78, 5) is 4.09. The molecule has 3 nitrogen and oxygen atoms in total. The number of imidazole rings is 1. The van der Waals surface area contributed by atoms with Crippen molar-refractivity contribution in [3.8, 4) is 0 Å². The number of rotatable bonds is 3. The molecule has 96 valence electrons. The highest BCUT2D eigenvalue weighted by Gasteiger charge is 2.14. The second-order valence-corrected chi connectivity index (χ2v) is 4.01. The summed E-state index contributed by atoms with van der Waals surface area (Å²) in [7, 11) is 1.79. The van der Waals surface area contributed by atoms with E-state index in [1.54, 1.807) is 30.9 Å². The molecule has 0 radical (unpaired) electrons. The molecule has 1 aromatic heterocycles. The van der Waals surface area contributed by atoms with Crippen LogP contribution in [0.25, 0.3) is 0 Å². The molecule has 0 bridgehead atoms. The topological polar surface area (TPSA) is 29.9 Å².